The molecule has 5 aromatic heterocycles. The molecule has 5 aromatic carbocycles. The Labute approximate surface area is 584 Å². The number of benzene rings is 5. The molecular formula is C82H106N8O7S. The maximum absolute atomic E-state index is 12.9. The van der Waals surface area contributed by atoms with Crippen LogP contribution in [-0.4, -0.2) is 142 Å². The fourth-order valence-corrected chi connectivity index (χ4v) is 15.9. The summed E-state index contributed by atoms with van der Waals surface area (Å²) in [6.07, 6.45) is 22.4. The molecule has 0 radical (unpaired) electrons. The van der Waals surface area contributed by atoms with Crippen molar-refractivity contribution in [2.75, 3.05) is 80.3 Å². The van der Waals surface area contributed by atoms with Crippen molar-refractivity contribution in [3.8, 4) is 17.2 Å². The van der Waals surface area contributed by atoms with Gasteiger partial charge in [0.05, 0.1) is 42.7 Å². The lowest BCUT2D eigenvalue weighted by molar-refractivity contribution is 0.00758. The third-order valence-electron chi connectivity index (χ3n) is 20.2. The van der Waals surface area contributed by atoms with Gasteiger partial charge in [-0.25, -0.2) is 4.98 Å². The maximum atomic E-state index is 12.9. The van der Waals surface area contributed by atoms with Gasteiger partial charge in [-0.1, -0.05) is 77.8 Å². The number of aromatic nitrogens is 5. The van der Waals surface area contributed by atoms with E-state index in [-0.39, 0.29) is 17.3 Å². The molecule has 0 aliphatic carbocycles. The summed E-state index contributed by atoms with van der Waals surface area (Å²) >= 11 is 1.87. The Morgan fingerprint density at radius 1 is 0.541 bits per heavy atom. The summed E-state index contributed by atoms with van der Waals surface area (Å²) in [5, 5.41) is 5.72. The molecular weight excluding hydrogens is 1240 g/mol. The Balaban J connectivity index is 0.000000149. The van der Waals surface area contributed by atoms with Crippen LogP contribution in [0.1, 0.15) is 184 Å². The lowest BCUT2D eigenvalue weighted by Gasteiger charge is -2.31. The zero-order valence-electron chi connectivity index (χ0n) is 59.7. The standard InChI is InChI=1S/C29H35N3O3.C28H33N3OS.C25H38N2O3/c1-4-5-7-29(33)25-18-32(28-11-9-21(35-3)17-24(25)28)14-6-13-31-15-12-22-23-16-20(34-2)8-10-26(23)30-27(22)19-31;1-20(2)18-26(32)23-19-31(25-10-5-3-8-22(23)25)15-7-14-30-16-12-21(13-17-30)28-29-24-9-4-6-11-27(24)33-28;1-4-6-8-25(28)23-19-27(24-10-9-21(29-3)18-22(23)24)14-7-13-26-15-11-20(12-16-26)30-17-5-2/h8-11,16-18,30H,4-7,12-15,19H2,1-3H3;3-6,8-11,19-21H,7,12-18H2,1-2H3;9-10,18-20H,4-8,11-17H2,1-3H3. The van der Waals surface area contributed by atoms with E-state index in [1.807, 2.05) is 47.7 Å². The molecule has 0 atom stereocenters. The van der Waals surface area contributed by atoms with Crippen LogP contribution >= 0.6 is 11.3 Å². The Hall–Kier alpha value is -7.60. The van der Waals surface area contributed by atoms with Crippen LogP contribution < -0.4 is 14.2 Å². The zero-order valence-corrected chi connectivity index (χ0v) is 60.5. The van der Waals surface area contributed by atoms with E-state index < -0.39 is 0 Å². The molecule has 0 unspecified atom stereocenters. The summed E-state index contributed by atoms with van der Waals surface area (Å²) in [6, 6.07) is 35.2. The summed E-state index contributed by atoms with van der Waals surface area (Å²) in [7, 11) is 5.06. The molecule has 0 spiro atoms. The van der Waals surface area contributed by atoms with Gasteiger partial charge >= 0.3 is 0 Å². The number of carbonyl (C=O) groups is 3. The molecule has 0 amide bonds. The van der Waals surface area contributed by atoms with Gasteiger partial charge in [0.25, 0.3) is 0 Å². The van der Waals surface area contributed by atoms with Crippen molar-refractivity contribution in [1.82, 2.24) is 38.4 Å². The molecule has 522 valence electrons. The van der Waals surface area contributed by atoms with Crippen molar-refractivity contribution in [2.45, 2.75) is 176 Å². The van der Waals surface area contributed by atoms with Crippen LogP contribution in [-0.2, 0) is 37.3 Å². The first-order valence-electron chi connectivity index (χ1n) is 36.7. The Bertz CT molecular complexity index is 4220. The third-order valence-corrected chi connectivity index (χ3v) is 21.4. The number of carbonyl (C=O) groups excluding carboxylic acids is 3. The monoisotopic (exact) mass is 1350 g/mol. The minimum Gasteiger partial charge on any atom is -0.497 e. The predicted octanol–water partition coefficient (Wildman–Crippen LogP) is 18.0. The highest BCUT2D eigenvalue weighted by Gasteiger charge is 2.26. The van der Waals surface area contributed by atoms with E-state index in [0.29, 0.717) is 37.2 Å². The van der Waals surface area contributed by atoms with Crippen LogP contribution in [0.15, 0.2) is 122 Å². The molecule has 8 heterocycles. The van der Waals surface area contributed by atoms with Gasteiger partial charge in [0.15, 0.2) is 17.3 Å². The highest BCUT2D eigenvalue weighted by Crippen LogP contribution is 2.36. The number of hydrogen-bond acceptors (Lipinski definition) is 12. The average Bonchev–Trinajstić information content (AvgIpc) is 1.72. The highest BCUT2D eigenvalue weighted by molar-refractivity contribution is 7.18. The van der Waals surface area contributed by atoms with Crippen LogP contribution in [0.5, 0.6) is 17.2 Å². The number of likely N-dealkylation sites (tertiary alicyclic amines) is 2. The van der Waals surface area contributed by atoms with Gasteiger partial charge in [0.1, 0.15) is 17.2 Å². The maximum Gasteiger partial charge on any atom is 0.165 e. The average molecular weight is 1350 g/mol. The summed E-state index contributed by atoms with van der Waals surface area (Å²) in [4.78, 5) is 54.7. The Morgan fingerprint density at radius 3 is 1.60 bits per heavy atom. The smallest absolute Gasteiger partial charge is 0.165 e. The minimum absolute atomic E-state index is 0.225. The number of Topliss-reactive ketones (excluding diaryl/α,β-unsaturated/α-hetero) is 3. The fourth-order valence-electron chi connectivity index (χ4n) is 14.7. The van der Waals surface area contributed by atoms with Crippen LogP contribution in [0.4, 0.5) is 0 Å². The first-order valence-corrected chi connectivity index (χ1v) is 37.5. The predicted molar refractivity (Wildman–Crippen MR) is 402 cm³/mol. The largest absolute Gasteiger partial charge is 0.497 e. The number of H-pyrrole nitrogens is 1. The summed E-state index contributed by atoms with van der Waals surface area (Å²) in [5.41, 5.74) is 11.0. The number of methoxy groups -OCH3 is 3. The highest BCUT2D eigenvalue weighted by atomic mass is 32.1. The number of nitrogens with zero attached hydrogens (tertiary/aromatic N) is 7. The zero-order chi connectivity index (χ0) is 68.5. The van der Waals surface area contributed by atoms with Gasteiger partial charge in [-0.15, -0.1) is 11.3 Å². The van der Waals surface area contributed by atoms with Gasteiger partial charge in [-0.05, 0) is 181 Å². The summed E-state index contributed by atoms with van der Waals surface area (Å²) in [5.74, 6) is 4.21. The molecule has 2 saturated heterocycles. The number of piperidine rings is 2. The number of hydrogen-bond donors (Lipinski definition) is 1. The SMILES string of the molecule is CC(C)CC(=O)c1cn(CCCN2CCC(c3nc4ccccc4s3)CC2)c2ccccc12.CCCCC(=O)c1cn(CCCN2CCC(OCCC)CC2)c2ccc(OC)cc12.CCCCC(=O)c1cn(CCCN2CCc3c([nH]c4ccc(OC)cc34)C2)c2ccc(OC)cc12. The molecule has 2 fully saturated rings. The topological polar surface area (TPSA) is 141 Å². The first kappa shape index (κ1) is 71.7. The minimum atomic E-state index is 0.225. The molecule has 10 aromatic rings. The second-order valence-electron chi connectivity index (χ2n) is 27.7. The molecule has 3 aliphatic heterocycles. The number of ketones is 3. The molecule has 16 heteroatoms. The van der Waals surface area contributed by atoms with Crippen LogP contribution in [0.2, 0.25) is 0 Å². The normalized spacial score (nSPS) is 15.1. The lowest BCUT2D eigenvalue weighted by atomic mass is 9.97. The molecule has 3 aliphatic rings. The van der Waals surface area contributed by atoms with Crippen molar-refractivity contribution in [1.29, 1.82) is 0 Å². The van der Waals surface area contributed by atoms with Crippen molar-refractivity contribution in [3.05, 3.63) is 155 Å². The fraction of sp³-hybridized carbons (Fsp3) is 0.488. The third kappa shape index (κ3) is 17.9. The summed E-state index contributed by atoms with van der Waals surface area (Å²) < 4.78 is 30.3. The van der Waals surface area contributed by atoms with Crippen molar-refractivity contribution >= 4 is 82.5 Å². The van der Waals surface area contributed by atoms with Gasteiger partial charge < -0.3 is 47.4 Å². The van der Waals surface area contributed by atoms with E-state index >= 15 is 0 Å². The van der Waals surface area contributed by atoms with E-state index in [1.165, 1.54) is 50.2 Å². The van der Waals surface area contributed by atoms with Gasteiger partial charge in [-0.3, -0.25) is 19.3 Å². The molecule has 13 rings (SSSR count). The Kier molecular flexibility index (Phi) is 25.6. The first-order chi connectivity index (χ1) is 47.8. The number of thiazole rings is 1. The van der Waals surface area contributed by atoms with Crippen molar-refractivity contribution in [3.63, 3.8) is 0 Å². The molecule has 0 bridgehead atoms. The molecule has 98 heavy (non-hydrogen) atoms. The number of rotatable bonds is 30. The summed E-state index contributed by atoms with van der Waals surface area (Å²) in [6.45, 7) is 24.0. The van der Waals surface area contributed by atoms with Gasteiger partial charge in [0.2, 0.25) is 0 Å². The Morgan fingerprint density at radius 2 is 1.05 bits per heavy atom. The van der Waals surface area contributed by atoms with Crippen molar-refractivity contribution in [2.24, 2.45) is 5.92 Å². The van der Waals surface area contributed by atoms with E-state index in [4.69, 9.17) is 23.9 Å². The van der Waals surface area contributed by atoms with Crippen LogP contribution in [0.25, 0.3) is 53.8 Å². The number of unbranched alkanes of at least 4 members (excludes halogenated alkanes) is 2. The van der Waals surface area contributed by atoms with Gasteiger partial charge in [-0.2, -0.15) is 0 Å². The molecule has 1 N–H and O–H groups in total. The number of aromatic amines is 1. The van der Waals surface area contributed by atoms with E-state index in [0.717, 1.165) is 222 Å². The molecule has 15 nitrogen and oxygen atoms in total. The van der Waals surface area contributed by atoms with E-state index in [1.54, 1.807) is 21.3 Å². The molecule has 0 saturated carbocycles. The van der Waals surface area contributed by atoms with E-state index in [2.05, 4.69) is 153 Å². The second kappa shape index (κ2) is 34.9. The number of fused-ring (bicyclic) bond motifs is 7. The van der Waals surface area contributed by atoms with Crippen LogP contribution in [0, 0.1) is 5.92 Å². The van der Waals surface area contributed by atoms with E-state index in [9.17, 15) is 14.4 Å². The lowest BCUT2D eigenvalue weighted by Crippen LogP contribution is -2.37. The number of ether oxygens (including phenoxy) is 4. The number of nitrogens with one attached hydrogen (secondary N) is 1. The number of para-hydroxylation sites is 2. The second-order valence-corrected chi connectivity index (χ2v) is 28.8. The van der Waals surface area contributed by atoms with Gasteiger partial charge in [0, 0.05) is 169 Å². The van der Waals surface area contributed by atoms with Crippen LogP contribution in [0.3, 0.4) is 0 Å². The van der Waals surface area contributed by atoms with Crippen molar-refractivity contribution < 1.29 is 33.3 Å². The number of aryl methyl sites for hydroxylation is 3. The quantitative estimate of drug-likeness (QED) is 0.0430.